The minimum atomic E-state index is -0.158. The molecule has 6 heteroatoms. The van der Waals surface area contributed by atoms with Gasteiger partial charge < -0.3 is 20.3 Å². The van der Waals surface area contributed by atoms with E-state index in [1.54, 1.807) is 12.1 Å². The fourth-order valence-electron chi connectivity index (χ4n) is 3.74. The Kier molecular flexibility index (Phi) is 7.25. The van der Waals surface area contributed by atoms with Crippen LogP contribution in [0.25, 0.3) is 0 Å². The van der Waals surface area contributed by atoms with Gasteiger partial charge in [0.1, 0.15) is 11.5 Å². The zero-order chi connectivity index (χ0) is 23.0. The molecule has 1 aliphatic rings. The van der Waals surface area contributed by atoms with Crippen LogP contribution in [0.4, 0.5) is 11.4 Å². The Bertz CT molecular complexity index is 1060. The molecule has 3 aromatic carbocycles. The molecule has 170 valence electrons. The summed E-state index contributed by atoms with van der Waals surface area (Å²) in [5.41, 5.74) is 2.16. The van der Waals surface area contributed by atoms with Gasteiger partial charge in [-0.25, -0.2) is 0 Å². The average Bonchev–Trinajstić information content (AvgIpc) is 2.85. The molecule has 1 heterocycles. The zero-order valence-corrected chi connectivity index (χ0v) is 18.8. The maximum Gasteiger partial charge on any atom is 0.253 e. The highest BCUT2D eigenvalue weighted by Gasteiger charge is 2.21. The SMILES string of the molecule is CC1CCN(C(=O)c2ccc(NCC(=O)Nc3ccc(Oc4ccccc4)cc3)cc2)CC1. The first-order chi connectivity index (χ1) is 16.1. The van der Waals surface area contributed by atoms with Gasteiger partial charge in [-0.3, -0.25) is 9.59 Å². The van der Waals surface area contributed by atoms with Crippen molar-refractivity contribution in [2.45, 2.75) is 19.8 Å². The fraction of sp³-hybridized carbons (Fsp3) is 0.259. The predicted molar refractivity (Wildman–Crippen MR) is 131 cm³/mol. The number of benzene rings is 3. The fourth-order valence-corrected chi connectivity index (χ4v) is 3.74. The third-order valence-electron chi connectivity index (χ3n) is 5.77. The van der Waals surface area contributed by atoms with E-state index in [4.69, 9.17) is 4.74 Å². The van der Waals surface area contributed by atoms with Crippen LogP contribution >= 0.6 is 0 Å². The molecule has 0 saturated carbocycles. The van der Waals surface area contributed by atoms with E-state index in [1.165, 1.54) is 0 Å². The summed E-state index contributed by atoms with van der Waals surface area (Å²) in [6, 6.07) is 24.1. The number of nitrogens with one attached hydrogen (secondary N) is 2. The Morgan fingerprint density at radius 3 is 2.12 bits per heavy atom. The third kappa shape index (κ3) is 6.35. The van der Waals surface area contributed by atoms with Crippen molar-refractivity contribution in [2.75, 3.05) is 30.3 Å². The molecular formula is C27H29N3O3. The molecule has 1 saturated heterocycles. The number of hydrogen-bond donors (Lipinski definition) is 2. The van der Waals surface area contributed by atoms with E-state index in [9.17, 15) is 9.59 Å². The van der Waals surface area contributed by atoms with Gasteiger partial charge in [-0.2, -0.15) is 0 Å². The summed E-state index contributed by atoms with van der Waals surface area (Å²) in [4.78, 5) is 26.9. The highest BCUT2D eigenvalue weighted by molar-refractivity contribution is 5.95. The van der Waals surface area contributed by atoms with Crippen molar-refractivity contribution < 1.29 is 14.3 Å². The van der Waals surface area contributed by atoms with Gasteiger partial charge in [0, 0.05) is 30.0 Å². The summed E-state index contributed by atoms with van der Waals surface area (Å²) in [6.07, 6.45) is 2.12. The number of ether oxygens (including phenoxy) is 1. The van der Waals surface area contributed by atoms with Crippen LogP contribution in [-0.2, 0) is 4.79 Å². The Morgan fingerprint density at radius 2 is 1.45 bits per heavy atom. The van der Waals surface area contributed by atoms with Gasteiger partial charge in [-0.1, -0.05) is 25.1 Å². The first-order valence-corrected chi connectivity index (χ1v) is 11.3. The van der Waals surface area contributed by atoms with Crippen molar-refractivity contribution in [3.05, 3.63) is 84.4 Å². The summed E-state index contributed by atoms with van der Waals surface area (Å²) in [5.74, 6) is 2.07. The molecule has 1 aliphatic heterocycles. The van der Waals surface area contributed by atoms with Crippen LogP contribution in [0.5, 0.6) is 11.5 Å². The lowest BCUT2D eigenvalue weighted by Crippen LogP contribution is -2.37. The number of amides is 2. The van der Waals surface area contributed by atoms with Crippen molar-refractivity contribution in [1.29, 1.82) is 0 Å². The van der Waals surface area contributed by atoms with Crippen LogP contribution in [0.15, 0.2) is 78.9 Å². The molecule has 0 radical (unpaired) electrons. The van der Waals surface area contributed by atoms with Crippen molar-refractivity contribution in [2.24, 2.45) is 5.92 Å². The first-order valence-electron chi connectivity index (χ1n) is 11.3. The van der Waals surface area contributed by atoms with Gasteiger partial charge in [0.25, 0.3) is 5.91 Å². The molecule has 0 unspecified atom stereocenters. The van der Waals surface area contributed by atoms with Crippen molar-refractivity contribution in [1.82, 2.24) is 4.90 Å². The van der Waals surface area contributed by atoms with Gasteiger partial charge in [0.15, 0.2) is 0 Å². The van der Waals surface area contributed by atoms with Gasteiger partial charge >= 0.3 is 0 Å². The minimum absolute atomic E-state index is 0.0749. The van der Waals surface area contributed by atoms with E-state index >= 15 is 0 Å². The zero-order valence-electron chi connectivity index (χ0n) is 18.8. The van der Waals surface area contributed by atoms with Gasteiger partial charge in [-0.05, 0) is 79.4 Å². The molecule has 0 spiro atoms. The lowest BCUT2D eigenvalue weighted by molar-refractivity contribution is -0.114. The molecule has 33 heavy (non-hydrogen) atoms. The number of hydrogen-bond acceptors (Lipinski definition) is 4. The number of carbonyl (C=O) groups excluding carboxylic acids is 2. The second kappa shape index (κ2) is 10.7. The molecule has 6 nitrogen and oxygen atoms in total. The minimum Gasteiger partial charge on any atom is -0.457 e. The Balaban J connectivity index is 1.23. The third-order valence-corrected chi connectivity index (χ3v) is 5.77. The second-order valence-corrected chi connectivity index (χ2v) is 8.39. The van der Waals surface area contributed by atoms with E-state index in [0.29, 0.717) is 22.9 Å². The number of para-hydroxylation sites is 1. The molecule has 4 rings (SSSR count). The number of rotatable bonds is 7. The summed E-state index contributed by atoms with van der Waals surface area (Å²) in [5, 5.41) is 5.96. The Morgan fingerprint density at radius 1 is 0.848 bits per heavy atom. The van der Waals surface area contributed by atoms with Crippen LogP contribution in [-0.4, -0.2) is 36.3 Å². The van der Waals surface area contributed by atoms with Crippen molar-refractivity contribution in [3.63, 3.8) is 0 Å². The molecule has 2 N–H and O–H groups in total. The van der Waals surface area contributed by atoms with E-state index in [1.807, 2.05) is 71.6 Å². The van der Waals surface area contributed by atoms with Crippen LogP contribution in [0.1, 0.15) is 30.1 Å². The number of nitrogens with zero attached hydrogens (tertiary/aromatic N) is 1. The van der Waals surface area contributed by atoms with Gasteiger partial charge in [-0.15, -0.1) is 0 Å². The topological polar surface area (TPSA) is 70.7 Å². The van der Waals surface area contributed by atoms with Crippen LogP contribution in [0.3, 0.4) is 0 Å². The van der Waals surface area contributed by atoms with E-state index in [0.717, 1.165) is 37.4 Å². The smallest absolute Gasteiger partial charge is 0.253 e. The molecule has 1 fully saturated rings. The molecule has 0 atom stereocenters. The second-order valence-electron chi connectivity index (χ2n) is 8.39. The lowest BCUT2D eigenvalue weighted by atomic mass is 9.98. The van der Waals surface area contributed by atoms with Gasteiger partial charge in [0.05, 0.1) is 6.54 Å². The summed E-state index contributed by atoms with van der Waals surface area (Å²) in [6.45, 7) is 3.99. The van der Waals surface area contributed by atoms with Crippen LogP contribution in [0.2, 0.25) is 0 Å². The Hall–Kier alpha value is -3.80. The standard InChI is InChI=1S/C27H29N3O3/c1-20-15-17-30(18-16-20)27(32)21-7-9-22(10-8-21)28-19-26(31)29-23-11-13-25(14-12-23)33-24-5-3-2-4-6-24/h2-14,20,28H,15-19H2,1H3,(H,29,31). The molecule has 0 aromatic heterocycles. The summed E-state index contributed by atoms with van der Waals surface area (Å²) >= 11 is 0. The summed E-state index contributed by atoms with van der Waals surface area (Å²) < 4.78 is 5.76. The highest BCUT2D eigenvalue weighted by Crippen LogP contribution is 2.23. The van der Waals surface area contributed by atoms with Crippen molar-refractivity contribution >= 4 is 23.2 Å². The molecule has 2 amide bonds. The molecule has 0 aliphatic carbocycles. The highest BCUT2D eigenvalue weighted by atomic mass is 16.5. The van der Waals surface area contributed by atoms with E-state index < -0.39 is 0 Å². The molecular weight excluding hydrogens is 414 g/mol. The predicted octanol–water partition coefficient (Wildman–Crippen LogP) is 5.40. The monoisotopic (exact) mass is 443 g/mol. The normalized spacial score (nSPS) is 13.9. The van der Waals surface area contributed by atoms with E-state index in [-0.39, 0.29) is 18.4 Å². The lowest BCUT2D eigenvalue weighted by Gasteiger charge is -2.30. The maximum absolute atomic E-state index is 12.6. The molecule has 3 aromatic rings. The number of piperidine rings is 1. The summed E-state index contributed by atoms with van der Waals surface area (Å²) in [7, 11) is 0. The maximum atomic E-state index is 12.6. The quantitative estimate of drug-likeness (QED) is 0.513. The van der Waals surface area contributed by atoms with Gasteiger partial charge in [0.2, 0.25) is 5.91 Å². The van der Waals surface area contributed by atoms with Crippen LogP contribution < -0.4 is 15.4 Å². The van der Waals surface area contributed by atoms with Crippen molar-refractivity contribution in [3.8, 4) is 11.5 Å². The van der Waals surface area contributed by atoms with E-state index in [2.05, 4.69) is 17.6 Å². The molecule has 0 bridgehead atoms. The first kappa shape index (κ1) is 22.4. The number of anilines is 2. The average molecular weight is 444 g/mol. The Labute approximate surface area is 194 Å². The van der Waals surface area contributed by atoms with Crippen LogP contribution in [0, 0.1) is 5.92 Å². The largest absolute Gasteiger partial charge is 0.457 e. The number of likely N-dealkylation sites (tertiary alicyclic amines) is 1. The number of carbonyl (C=O) groups is 2.